The van der Waals surface area contributed by atoms with Crippen LogP contribution in [0.1, 0.15) is 30.8 Å². The maximum Gasteiger partial charge on any atom is 0.259 e. The molecule has 12 heteroatoms. The van der Waals surface area contributed by atoms with Crippen molar-refractivity contribution in [1.82, 2.24) is 14.6 Å². The topological polar surface area (TPSA) is 121 Å². The lowest BCUT2D eigenvalue weighted by atomic mass is 9.79. The van der Waals surface area contributed by atoms with Crippen molar-refractivity contribution >= 4 is 66.1 Å². The minimum Gasteiger partial charge on any atom is -0.393 e. The van der Waals surface area contributed by atoms with Crippen LogP contribution < -0.4 is 15.6 Å². The molecule has 0 radical (unpaired) electrons. The fourth-order valence-corrected chi connectivity index (χ4v) is 9.16. The van der Waals surface area contributed by atoms with Gasteiger partial charge in [0.05, 0.1) is 22.9 Å². The molecular formula is C23H29IN5O4S2+. The highest BCUT2D eigenvalue weighted by Gasteiger charge is 2.59. The Morgan fingerprint density at radius 1 is 1.46 bits per heavy atom. The van der Waals surface area contributed by atoms with Gasteiger partial charge in [-0.15, -0.1) is 11.8 Å². The lowest BCUT2D eigenvalue weighted by Crippen LogP contribution is -2.63. The number of primary amides is 1. The number of β-lactam (4-membered cyclic amide) rings is 1. The highest BCUT2D eigenvalue weighted by Crippen LogP contribution is 2.52. The Labute approximate surface area is 225 Å². The molecule has 5 heterocycles. The van der Waals surface area contributed by atoms with Gasteiger partial charge in [0, 0.05) is 57.7 Å². The maximum absolute atomic E-state index is 12.7. The number of aryl methyl sites for hydroxylation is 1. The molecule has 2 saturated heterocycles. The van der Waals surface area contributed by atoms with E-state index in [-0.39, 0.29) is 34.1 Å². The molecule has 3 aliphatic rings. The number of nitrogens with one attached hydrogen (secondary N) is 1. The molecule has 0 aromatic carbocycles. The molecule has 2 aromatic heterocycles. The van der Waals surface area contributed by atoms with E-state index in [4.69, 9.17) is 5.73 Å². The molecule has 3 aliphatic heterocycles. The van der Waals surface area contributed by atoms with Crippen LogP contribution in [0.4, 0.5) is 0 Å². The predicted molar refractivity (Wildman–Crippen MR) is 142 cm³/mol. The van der Waals surface area contributed by atoms with Crippen molar-refractivity contribution in [2.75, 3.05) is 6.54 Å². The van der Waals surface area contributed by atoms with Crippen molar-refractivity contribution < 1.29 is 24.1 Å². The number of thiazole rings is 1. The zero-order valence-electron chi connectivity index (χ0n) is 19.7. The Morgan fingerprint density at radius 2 is 2.20 bits per heavy atom. The summed E-state index contributed by atoms with van der Waals surface area (Å²) in [5.41, 5.74) is 7.00. The number of aliphatic hydroxyl groups is 1. The third kappa shape index (κ3) is 4.34. The molecule has 9 nitrogen and oxygen atoms in total. The summed E-state index contributed by atoms with van der Waals surface area (Å²) < 4.78 is 3.80. The van der Waals surface area contributed by atoms with Gasteiger partial charge in [-0.2, -0.15) is 4.40 Å². The number of halogens is 1. The second kappa shape index (κ2) is 9.43. The predicted octanol–water partition coefficient (Wildman–Crippen LogP) is 1.12. The van der Waals surface area contributed by atoms with Gasteiger partial charge in [-0.3, -0.25) is 14.4 Å². The van der Waals surface area contributed by atoms with Crippen molar-refractivity contribution in [2.45, 2.75) is 63.6 Å². The first-order chi connectivity index (χ1) is 16.6. The van der Waals surface area contributed by atoms with E-state index in [0.29, 0.717) is 17.0 Å². The first-order valence-corrected chi connectivity index (χ1v) is 14.5. The van der Waals surface area contributed by atoms with Crippen LogP contribution in [0.15, 0.2) is 23.1 Å². The normalized spacial score (nSPS) is 29.1. The van der Waals surface area contributed by atoms with Gasteiger partial charge in [0.1, 0.15) is 17.6 Å². The van der Waals surface area contributed by atoms with E-state index in [9.17, 15) is 19.5 Å². The average molecular weight is 631 g/mol. The molecule has 0 bridgehead atoms. The number of imidazole rings is 1. The number of aliphatic hydroxyl groups excluding tert-OH is 1. The summed E-state index contributed by atoms with van der Waals surface area (Å²) in [6.45, 7) is 6.83. The molecule has 0 spiro atoms. The van der Waals surface area contributed by atoms with Crippen LogP contribution in [0.5, 0.6) is 0 Å². The second-order valence-corrected chi connectivity index (χ2v) is 13.2. The number of nitrogens with two attached hydrogens (primary N) is 1. The average Bonchev–Trinajstić information content (AvgIpc) is 3.48. The molecular weight excluding hydrogens is 601 g/mol. The number of aromatic nitrogens is 2. The summed E-state index contributed by atoms with van der Waals surface area (Å²) in [7, 11) is 0. The number of carbonyl (C=O) groups excluding carboxylic acids is 3. The molecule has 2 fully saturated rings. The van der Waals surface area contributed by atoms with Gasteiger partial charge in [-0.25, -0.2) is 4.57 Å². The monoisotopic (exact) mass is 630 g/mol. The van der Waals surface area contributed by atoms with E-state index >= 15 is 0 Å². The quantitative estimate of drug-likeness (QED) is 0.174. The smallest absolute Gasteiger partial charge is 0.259 e. The fraction of sp³-hybridized carbons (Fsp3) is 0.565. The molecule has 35 heavy (non-hydrogen) atoms. The van der Waals surface area contributed by atoms with Gasteiger partial charge in [0.2, 0.25) is 20.9 Å². The molecule has 0 aliphatic carbocycles. The van der Waals surface area contributed by atoms with Crippen molar-refractivity contribution in [3.63, 3.8) is 0 Å². The summed E-state index contributed by atoms with van der Waals surface area (Å²) in [6.07, 6.45) is 5.03. The first-order valence-electron chi connectivity index (χ1n) is 11.7. The minimum atomic E-state index is -0.718. The molecule has 2 amide bonds. The maximum atomic E-state index is 12.7. The molecule has 0 unspecified atom stereocenters. The second-order valence-electron chi connectivity index (χ2n) is 9.73. The van der Waals surface area contributed by atoms with Crippen molar-refractivity contribution in [1.29, 1.82) is 0 Å². The third-order valence-electron chi connectivity index (χ3n) is 7.31. The molecule has 0 saturated carbocycles. The van der Waals surface area contributed by atoms with Gasteiger partial charge in [-0.05, 0) is 20.3 Å². The third-order valence-corrected chi connectivity index (χ3v) is 10.6. The van der Waals surface area contributed by atoms with Gasteiger partial charge in [0.15, 0.2) is 6.54 Å². The molecule has 5 rings (SSSR count). The number of thioether (sulfide) groups is 1. The van der Waals surface area contributed by atoms with E-state index in [2.05, 4.69) is 23.6 Å². The molecule has 4 N–H and O–H groups in total. The van der Waals surface area contributed by atoms with Crippen LogP contribution in [-0.4, -0.2) is 60.0 Å². The number of nitrogens with zero attached hydrogens (tertiary/aromatic N) is 3. The number of carbonyl (C=O) groups is 3. The Morgan fingerprint density at radius 3 is 2.83 bits per heavy atom. The Bertz CT molecular complexity index is 1250. The number of allylic oxidation sites excluding steroid dienone is 1. The van der Waals surface area contributed by atoms with E-state index in [1.54, 1.807) is 57.5 Å². The summed E-state index contributed by atoms with van der Waals surface area (Å²) in [5.74, 6) is -0.897. The summed E-state index contributed by atoms with van der Waals surface area (Å²) >= 11 is 5.23. The summed E-state index contributed by atoms with van der Waals surface area (Å²) in [4.78, 5) is 41.4. The Balaban J connectivity index is 1.27. The van der Waals surface area contributed by atoms with Crippen LogP contribution in [0.3, 0.4) is 0 Å². The summed E-state index contributed by atoms with van der Waals surface area (Å²) in [6, 6.07) is 0.200. The summed E-state index contributed by atoms with van der Waals surface area (Å²) in [5, 5.41) is 14.1. The Hall–Kier alpha value is -1.48. The Kier molecular flexibility index (Phi) is 6.79. The number of hydrogen-bond donors (Lipinski definition) is 3. The number of hydrogen-bond acceptors (Lipinski definition) is 7. The standard InChI is InChI=1S/C23H28IN5O4S2/c1-10-19-18(12(3)30)23(33)29(19)20(22(24)32)21(10)34-14-4-13(26-6-14)5-15-11(2)28-9-27(7-16(25)31)8-17(28)35-15/h8-10,12-14,18-19,26,30H,4-7H2,1-3H3,(H-,25,31)/p+1/t10-,12-,13+,14+,18-,19-/m1/s1. The van der Waals surface area contributed by atoms with Crippen LogP contribution >= 0.6 is 45.7 Å². The fourth-order valence-electron chi connectivity index (χ4n) is 5.65. The zero-order chi connectivity index (χ0) is 25.2. The van der Waals surface area contributed by atoms with Crippen LogP contribution in [0, 0.1) is 18.8 Å². The molecule has 2 aromatic rings. The van der Waals surface area contributed by atoms with Gasteiger partial charge in [0.25, 0.3) is 5.91 Å². The van der Waals surface area contributed by atoms with Crippen LogP contribution in [0.2, 0.25) is 0 Å². The highest BCUT2D eigenvalue weighted by molar-refractivity contribution is 14.1. The van der Waals surface area contributed by atoms with Crippen molar-refractivity contribution in [3.05, 3.63) is 33.7 Å². The molecule has 188 valence electrons. The van der Waals surface area contributed by atoms with Crippen LogP contribution in [0.25, 0.3) is 4.83 Å². The van der Waals surface area contributed by atoms with E-state index in [0.717, 1.165) is 29.1 Å². The SMILES string of the molecule is Cc1c(C[C@@H]2C[C@H](SC3=C(C(=O)I)N4C(=O)[C@H]([C@@H](C)O)[C@H]4[C@H]3C)CN2)sc2c[n+](CC(N)=O)cn12. The van der Waals surface area contributed by atoms with Crippen molar-refractivity contribution in [2.24, 2.45) is 17.6 Å². The number of fused-ring (bicyclic) bond motifs is 2. The van der Waals surface area contributed by atoms with E-state index in [1.165, 1.54) is 10.6 Å². The van der Waals surface area contributed by atoms with Crippen molar-refractivity contribution in [3.8, 4) is 0 Å². The zero-order valence-corrected chi connectivity index (χ0v) is 23.5. The van der Waals surface area contributed by atoms with Gasteiger partial charge >= 0.3 is 0 Å². The van der Waals surface area contributed by atoms with E-state index in [1.807, 2.05) is 17.1 Å². The van der Waals surface area contributed by atoms with Gasteiger partial charge < -0.3 is 21.1 Å². The lowest BCUT2D eigenvalue weighted by Gasteiger charge is -2.46. The van der Waals surface area contributed by atoms with E-state index < -0.39 is 12.0 Å². The highest BCUT2D eigenvalue weighted by atomic mass is 127. The lowest BCUT2D eigenvalue weighted by molar-refractivity contribution is -0.682. The number of rotatable bonds is 8. The molecule has 6 atom stereocenters. The van der Waals surface area contributed by atoms with Crippen LogP contribution in [-0.2, 0) is 27.3 Å². The minimum absolute atomic E-state index is 0.0402. The first kappa shape index (κ1) is 25.2. The number of amides is 2. The van der Waals surface area contributed by atoms with Gasteiger partial charge in [-0.1, -0.05) is 18.3 Å². The largest absolute Gasteiger partial charge is 0.393 e.